The zero-order valence-electron chi connectivity index (χ0n) is 10.2. The Morgan fingerprint density at radius 1 is 1.35 bits per heavy atom. The van der Waals surface area contributed by atoms with E-state index in [4.69, 9.17) is 4.84 Å². The van der Waals surface area contributed by atoms with E-state index in [9.17, 15) is 4.79 Å². The Labute approximate surface area is 100 Å². The molecular formula is C13H15NO3. The number of hydrogen-bond donors (Lipinski definition) is 0. The second-order valence-corrected chi connectivity index (χ2v) is 4.63. The van der Waals surface area contributed by atoms with Crippen molar-refractivity contribution in [3.05, 3.63) is 35.4 Å². The van der Waals surface area contributed by atoms with Gasteiger partial charge in [0.1, 0.15) is 5.60 Å². The van der Waals surface area contributed by atoms with Gasteiger partial charge in [0.2, 0.25) is 0 Å². The summed E-state index contributed by atoms with van der Waals surface area (Å²) in [6.07, 6.45) is 0.768. The summed E-state index contributed by atoms with van der Waals surface area (Å²) in [6.45, 7) is 3.98. The Morgan fingerprint density at radius 3 is 2.47 bits per heavy atom. The molecule has 0 saturated heterocycles. The van der Waals surface area contributed by atoms with Gasteiger partial charge >= 0.3 is 5.97 Å². The van der Waals surface area contributed by atoms with Gasteiger partial charge < -0.3 is 9.57 Å². The van der Waals surface area contributed by atoms with Crippen molar-refractivity contribution in [1.82, 2.24) is 0 Å². The van der Waals surface area contributed by atoms with Gasteiger partial charge in [-0.25, -0.2) is 4.79 Å². The standard InChI is InChI=1S/C13H15NO3/c1-13(2)8-11(14-17-13)9-4-6-10(7-5-9)12(15)16-3/h4-7H,8H2,1-3H3. The fraction of sp³-hybridized carbons (Fsp3) is 0.385. The number of rotatable bonds is 2. The molecule has 1 aliphatic rings. The van der Waals surface area contributed by atoms with Crippen LogP contribution in [0, 0.1) is 0 Å². The van der Waals surface area contributed by atoms with E-state index in [-0.39, 0.29) is 11.6 Å². The van der Waals surface area contributed by atoms with Crippen LogP contribution in [0.25, 0.3) is 0 Å². The summed E-state index contributed by atoms with van der Waals surface area (Å²) in [4.78, 5) is 16.6. The maximum atomic E-state index is 11.3. The molecule has 4 heteroatoms. The third kappa shape index (κ3) is 2.46. The Hall–Kier alpha value is -1.84. The Bertz CT molecular complexity index is 460. The fourth-order valence-corrected chi connectivity index (χ4v) is 1.72. The Balaban J connectivity index is 2.17. The van der Waals surface area contributed by atoms with E-state index in [1.54, 1.807) is 12.1 Å². The lowest BCUT2D eigenvalue weighted by Gasteiger charge is -2.13. The minimum atomic E-state index is -0.332. The molecule has 1 heterocycles. The molecule has 0 radical (unpaired) electrons. The molecule has 1 aliphatic heterocycles. The third-order valence-corrected chi connectivity index (χ3v) is 2.64. The molecule has 0 atom stereocenters. The Morgan fingerprint density at radius 2 is 2.00 bits per heavy atom. The van der Waals surface area contributed by atoms with Gasteiger partial charge in [-0.3, -0.25) is 0 Å². The van der Waals surface area contributed by atoms with E-state index in [0.717, 1.165) is 17.7 Å². The van der Waals surface area contributed by atoms with Gasteiger partial charge in [0.05, 0.1) is 18.4 Å². The normalized spacial score (nSPS) is 17.2. The molecule has 0 aromatic heterocycles. The van der Waals surface area contributed by atoms with Gasteiger partial charge in [-0.2, -0.15) is 0 Å². The first-order valence-electron chi connectivity index (χ1n) is 5.46. The average Bonchev–Trinajstić information content (AvgIpc) is 2.69. The molecule has 0 spiro atoms. The zero-order valence-corrected chi connectivity index (χ0v) is 10.2. The van der Waals surface area contributed by atoms with E-state index in [2.05, 4.69) is 9.89 Å². The summed E-state index contributed by atoms with van der Waals surface area (Å²) in [5.74, 6) is -0.332. The first kappa shape index (κ1) is 11.6. The highest BCUT2D eigenvalue weighted by Crippen LogP contribution is 2.25. The van der Waals surface area contributed by atoms with E-state index in [1.165, 1.54) is 7.11 Å². The van der Waals surface area contributed by atoms with Crippen molar-refractivity contribution in [3.8, 4) is 0 Å². The highest BCUT2D eigenvalue weighted by molar-refractivity contribution is 6.02. The summed E-state index contributed by atoms with van der Waals surface area (Å²) in [5, 5.41) is 4.05. The number of carbonyl (C=O) groups excluding carboxylic acids is 1. The maximum Gasteiger partial charge on any atom is 0.337 e. The molecule has 1 aromatic carbocycles. The van der Waals surface area contributed by atoms with Crippen LogP contribution in [0.15, 0.2) is 29.4 Å². The van der Waals surface area contributed by atoms with Crippen molar-refractivity contribution >= 4 is 11.7 Å². The quantitative estimate of drug-likeness (QED) is 0.737. The number of carbonyl (C=O) groups is 1. The summed E-state index contributed by atoms with van der Waals surface area (Å²) in [5.41, 5.74) is 2.18. The molecule has 0 saturated carbocycles. The largest absolute Gasteiger partial charge is 0.465 e. The number of hydrogen-bond acceptors (Lipinski definition) is 4. The fourth-order valence-electron chi connectivity index (χ4n) is 1.72. The minimum Gasteiger partial charge on any atom is -0.465 e. The highest BCUT2D eigenvalue weighted by Gasteiger charge is 2.29. The Kier molecular flexibility index (Phi) is 2.88. The minimum absolute atomic E-state index is 0.240. The number of methoxy groups -OCH3 is 1. The van der Waals surface area contributed by atoms with Crippen LogP contribution in [0.4, 0.5) is 0 Å². The van der Waals surface area contributed by atoms with Crippen molar-refractivity contribution in [3.63, 3.8) is 0 Å². The summed E-state index contributed by atoms with van der Waals surface area (Å²) in [7, 11) is 1.37. The lowest BCUT2D eigenvalue weighted by atomic mass is 9.97. The summed E-state index contributed by atoms with van der Waals surface area (Å²) >= 11 is 0. The van der Waals surface area contributed by atoms with Crippen LogP contribution >= 0.6 is 0 Å². The van der Waals surface area contributed by atoms with Crippen LogP contribution in [0.5, 0.6) is 0 Å². The molecule has 0 fully saturated rings. The predicted octanol–water partition coefficient (Wildman–Crippen LogP) is 2.38. The first-order valence-corrected chi connectivity index (χ1v) is 5.46. The van der Waals surface area contributed by atoms with Crippen molar-refractivity contribution in [1.29, 1.82) is 0 Å². The summed E-state index contributed by atoms with van der Waals surface area (Å²) < 4.78 is 4.64. The topological polar surface area (TPSA) is 47.9 Å². The van der Waals surface area contributed by atoms with E-state index in [0.29, 0.717) is 5.56 Å². The maximum absolute atomic E-state index is 11.3. The SMILES string of the molecule is COC(=O)c1ccc(C2=NOC(C)(C)C2)cc1. The van der Waals surface area contributed by atoms with Crippen LogP contribution in [-0.2, 0) is 9.57 Å². The van der Waals surface area contributed by atoms with Crippen LogP contribution in [0.2, 0.25) is 0 Å². The second-order valence-electron chi connectivity index (χ2n) is 4.63. The first-order chi connectivity index (χ1) is 8.02. The molecule has 0 amide bonds. The molecule has 2 rings (SSSR count). The van der Waals surface area contributed by atoms with Gasteiger partial charge in [-0.1, -0.05) is 17.3 Å². The number of benzene rings is 1. The molecule has 0 bridgehead atoms. The third-order valence-electron chi connectivity index (χ3n) is 2.64. The van der Waals surface area contributed by atoms with Gasteiger partial charge in [-0.05, 0) is 31.5 Å². The summed E-state index contributed by atoms with van der Waals surface area (Å²) in [6, 6.07) is 7.18. The number of nitrogens with zero attached hydrogens (tertiary/aromatic N) is 1. The van der Waals surface area contributed by atoms with Crippen molar-refractivity contribution in [2.75, 3.05) is 7.11 Å². The number of oxime groups is 1. The van der Waals surface area contributed by atoms with Crippen molar-refractivity contribution in [2.24, 2.45) is 5.16 Å². The molecule has 90 valence electrons. The average molecular weight is 233 g/mol. The molecular weight excluding hydrogens is 218 g/mol. The van der Waals surface area contributed by atoms with E-state index in [1.807, 2.05) is 26.0 Å². The molecule has 0 N–H and O–H groups in total. The van der Waals surface area contributed by atoms with Gasteiger partial charge in [-0.15, -0.1) is 0 Å². The van der Waals surface area contributed by atoms with E-state index >= 15 is 0 Å². The molecule has 17 heavy (non-hydrogen) atoms. The van der Waals surface area contributed by atoms with Crippen molar-refractivity contribution < 1.29 is 14.4 Å². The van der Waals surface area contributed by atoms with Crippen LogP contribution in [-0.4, -0.2) is 24.4 Å². The number of ether oxygens (including phenoxy) is 1. The molecule has 1 aromatic rings. The highest BCUT2D eigenvalue weighted by atomic mass is 16.7. The lowest BCUT2D eigenvalue weighted by molar-refractivity contribution is 0.0123. The number of esters is 1. The predicted molar refractivity (Wildman–Crippen MR) is 64.1 cm³/mol. The van der Waals surface area contributed by atoms with Crippen LogP contribution in [0.3, 0.4) is 0 Å². The van der Waals surface area contributed by atoms with Crippen molar-refractivity contribution in [2.45, 2.75) is 25.9 Å². The smallest absolute Gasteiger partial charge is 0.337 e. The van der Waals surface area contributed by atoms with Gasteiger partial charge in [0, 0.05) is 6.42 Å². The second kappa shape index (κ2) is 4.20. The van der Waals surface area contributed by atoms with E-state index < -0.39 is 0 Å². The lowest BCUT2D eigenvalue weighted by Crippen LogP contribution is -2.19. The van der Waals surface area contributed by atoms with Crippen LogP contribution < -0.4 is 0 Å². The molecule has 0 unspecified atom stereocenters. The monoisotopic (exact) mass is 233 g/mol. The van der Waals surface area contributed by atoms with Gasteiger partial charge in [0.15, 0.2) is 0 Å². The molecule has 0 aliphatic carbocycles. The van der Waals surface area contributed by atoms with Gasteiger partial charge in [0.25, 0.3) is 0 Å². The zero-order chi connectivity index (χ0) is 12.5. The molecule has 4 nitrogen and oxygen atoms in total. The van der Waals surface area contributed by atoms with Crippen LogP contribution in [0.1, 0.15) is 36.2 Å².